The number of likely N-dealkylation sites (tertiary alicyclic amines) is 1. The number of hydrogen-bond acceptors (Lipinski definition) is 3. The van der Waals surface area contributed by atoms with Gasteiger partial charge in [0.15, 0.2) is 0 Å². The van der Waals surface area contributed by atoms with E-state index in [1.807, 2.05) is 13.1 Å². The van der Waals surface area contributed by atoms with Crippen LogP contribution in [-0.2, 0) is 0 Å². The Labute approximate surface area is 134 Å². The predicted molar refractivity (Wildman–Crippen MR) is 87.5 cm³/mol. The minimum atomic E-state index is 0.129. The van der Waals surface area contributed by atoms with Crippen molar-refractivity contribution in [2.75, 3.05) is 18.9 Å². The van der Waals surface area contributed by atoms with Gasteiger partial charge in [-0.15, -0.1) is 0 Å². The van der Waals surface area contributed by atoms with E-state index in [1.165, 1.54) is 25.7 Å². The minimum Gasteiger partial charge on any atom is -0.372 e. The minimum absolute atomic E-state index is 0.129. The first-order valence-electron chi connectivity index (χ1n) is 7.85. The third-order valence-electron chi connectivity index (χ3n) is 4.83. The van der Waals surface area contributed by atoms with E-state index >= 15 is 0 Å². The first kappa shape index (κ1) is 14.8. The highest BCUT2D eigenvalue weighted by molar-refractivity contribution is 9.10. The molecule has 2 fully saturated rings. The first-order chi connectivity index (χ1) is 10.2. The standard InChI is InChI=1S/C16H22BrN3O/c1-18-15-13(9-12(17)10-19-15)16(21)20-8-4-6-11-5-2-3-7-14(11)20/h9-11,14H,2-8H2,1H3,(H,18,19)/t11-,14-/m1/s1. The highest BCUT2D eigenvalue weighted by atomic mass is 79.9. The molecule has 1 saturated heterocycles. The summed E-state index contributed by atoms with van der Waals surface area (Å²) in [5, 5.41) is 3.04. The van der Waals surface area contributed by atoms with E-state index in [0.29, 0.717) is 23.3 Å². The van der Waals surface area contributed by atoms with Crippen LogP contribution in [-0.4, -0.2) is 35.4 Å². The number of pyridine rings is 1. The zero-order chi connectivity index (χ0) is 14.8. The molecule has 4 nitrogen and oxygen atoms in total. The van der Waals surface area contributed by atoms with Crippen molar-refractivity contribution in [3.63, 3.8) is 0 Å². The first-order valence-corrected chi connectivity index (χ1v) is 8.64. The number of piperidine rings is 1. The second-order valence-corrected chi connectivity index (χ2v) is 6.97. The van der Waals surface area contributed by atoms with E-state index < -0.39 is 0 Å². The van der Waals surface area contributed by atoms with Gasteiger partial charge in [0, 0.05) is 30.3 Å². The molecule has 3 rings (SSSR count). The highest BCUT2D eigenvalue weighted by Gasteiger charge is 2.36. The maximum atomic E-state index is 13.0. The summed E-state index contributed by atoms with van der Waals surface area (Å²) in [6, 6.07) is 2.32. The van der Waals surface area contributed by atoms with Gasteiger partial charge in [-0.2, -0.15) is 0 Å². The summed E-state index contributed by atoms with van der Waals surface area (Å²) in [6.45, 7) is 0.885. The third-order valence-corrected chi connectivity index (χ3v) is 5.26. The summed E-state index contributed by atoms with van der Waals surface area (Å²) in [5.41, 5.74) is 0.679. The number of aromatic nitrogens is 1. The molecule has 0 aromatic carbocycles. The second kappa shape index (κ2) is 6.34. The number of carbonyl (C=O) groups excluding carboxylic acids is 1. The molecule has 2 aliphatic rings. The maximum absolute atomic E-state index is 13.0. The molecule has 114 valence electrons. The number of halogens is 1. The Hall–Kier alpha value is -1.10. The van der Waals surface area contributed by atoms with Crippen LogP contribution in [0.15, 0.2) is 16.7 Å². The summed E-state index contributed by atoms with van der Waals surface area (Å²) in [5.74, 6) is 1.50. The van der Waals surface area contributed by atoms with Crippen molar-refractivity contribution in [3.8, 4) is 0 Å². The highest BCUT2D eigenvalue weighted by Crippen LogP contribution is 2.36. The van der Waals surface area contributed by atoms with Gasteiger partial charge in [-0.1, -0.05) is 12.8 Å². The molecule has 1 aromatic rings. The fraction of sp³-hybridized carbons (Fsp3) is 0.625. The molecular formula is C16H22BrN3O. The molecule has 1 saturated carbocycles. The molecule has 1 aliphatic heterocycles. The molecule has 21 heavy (non-hydrogen) atoms. The third kappa shape index (κ3) is 2.93. The number of anilines is 1. The van der Waals surface area contributed by atoms with Crippen LogP contribution in [0.5, 0.6) is 0 Å². The van der Waals surface area contributed by atoms with Crippen LogP contribution in [0.3, 0.4) is 0 Å². The average Bonchev–Trinajstić information content (AvgIpc) is 2.53. The van der Waals surface area contributed by atoms with Gasteiger partial charge in [0.2, 0.25) is 0 Å². The molecule has 5 heteroatoms. The number of fused-ring (bicyclic) bond motifs is 1. The van der Waals surface area contributed by atoms with Crippen molar-refractivity contribution in [3.05, 3.63) is 22.3 Å². The summed E-state index contributed by atoms with van der Waals surface area (Å²) >= 11 is 3.43. The van der Waals surface area contributed by atoms with Crippen molar-refractivity contribution in [2.45, 2.75) is 44.6 Å². The van der Waals surface area contributed by atoms with Crippen LogP contribution in [0.2, 0.25) is 0 Å². The molecule has 0 spiro atoms. The normalized spacial score (nSPS) is 25.3. The van der Waals surface area contributed by atoms with Crippen LogP contribution in [0.25, 0.3) is 0 Å². The van der Waals surface area contributed by atoms with Gasteiger partial charge in [-0.3, -0.25) is 4.79 Å². The van der Waals surface area contributed by atoms with Gasteiger partial charge in [0.1, 0.15) is 5.82 Å². The Morgan fingerprint density at radius 1 is 1.33 bits per heavy atom. The van der Waals surface area contributed by atoms with Crippen LogP contribution in [0.1, 0.15) is 48.9 Å². The van der Waals surface area contributed by atoms with Crippen molar-refractivity contribution in [1.29, 1.82) is 0 Å². The second-order valence-electron chi connectivity index (χ2n) is 6.05. The average molecular weight is 352 g/mol. The van der Waals surface area contributed by atoms with Crippen LogP contribution < -0.4 is 5.32 Å². The molecule has 0 radical (unpaired) electrons. The molecule has 0 unspecified atom stereocenters. The molecule has 1 aromatic heterocycles. The summed E-state index contributed by atoms with van der Waals surface area (Å²) in [4.78, 5) is 19.4. The fourth-order valence-electron chi connectivity index (χ4n) is 3.83. The lowest BCUT2D eigenvalue weighted by Crippen LogP contribution is -2.49. The van der Waals surface area contributed by atoms with Gasteiger partial charge >= 0.3 is 0 Å². The number of amides is 1. The number of nitrogens with zero attached hydrogens (tertiary/aromatic N) is 2. The largest absolute Gasteiger partial charge is 0.372 e. The fourth-order valence-corrected chi connectivity index (χ4v) is 4.16. The molecule has 2 heterocycles. The predicted octanol–water partition coefficient (Wildman–Crippen LogP) is 3.68. The van der Waals surface area contributed by atoms with E-state index in [9.17, 15) is 4.79 Å². The summed E-state index contributed by atoms with van der Waals surface area (Å²) in [6.07, 6.45) is 9.15. The topological polar surface area (TPSA) is 45.2 Å². The van der Waals surface area contributed by atoms with Gasteiger partial charge in [-0.05, 0) is 53.6 Å². The molecule has 1 N–H and O–H groups in total. The lowest BCUT2D eigenvalue weighted by molar-refractivity contribution is 0.0391. The van der Waals surface area contributed by atoms with Crippen LogP contribution in [0.4, 0.5) is 5.82 Å². The number of carbonyl (C=O) groups is 1. The van der Waals surface area contributed by atoms with Crippen molar-refractivity contribution in [2.24, 2.45) is 5.92 Å². The number of nitrogens with one attached hydrogen (secondary N) is 1. The van der Waals surface area contributed by atoms with Gasteiger partial charge in [-0.25, -0.2) is 4.98 Å². The Kier molecular flexibility index (Phi) is 4.48. The molecular weight excluding hydrogens is 330 g/mol. The monoisotopic (exact) mass is 351 g/mol. The van der Waals surface area contributed by atoms with E-state index in [-0.39, 0.29) is 5.91 Å². The maximum Gasteiger partial charge on any atom is 0.257 e. The quantitative estimate of drug-likeness (QED) is 0.883. The van der Waals surface area contributed by atoms with E-state index in [4.69, 9.17) is 0 Å². The Morgan fingerprint density at radius 3 is 2.90 bits per heavy atom. The van der Waals surface area contributed by atoms with Gasteiger partial charge in [0.05, 0.1) is 5.56 Å². The Morgan fingerprint density at radius 2 is 2.10 bits per heavy atom. The van der Waals surface area contributed by atoms with Crippen molar-refractivity contribution >= 4 is 27.7 Å². The zero-order valence-electron chi connectivity index (χ0n) is 12.4. The molecule has 0 bridgehead atoms. The number of rotatable bonds is 2. The van der Waals surface area contributed by atoms with Crippen LogP contribution in [0, 0.1) is 5.92 Å². The van der Waals surface area contributed by atoms with Crippen molar-refractivity contribution < 1.29 is 4.79 Å². The zero-order valence-corrected chi connectivity index (χ0v) is 14.0. The van der Waals surface area contributed by atoms with Crippen LogP contribution >= 0.6 is 15.9 Å². The van der Waals surface area contributed by atoms with Gasteiger partial charge < -0.3 is 10.2 Å². The Balaban J connectivity index is 1.88. The van der Waals surface area contributed by atoms with E-state index in [1.54, 1.807) is 6.20 Å². The summed E-state index contributed by atoms with van der Waals surface area (Å²) in [7, 11) is 1.81. The van der Waals surface area contributed by atoms with E-state index in [0.717, 1.165) is 23.9 Å². The van der Waals surface area contributed by atoms with Crippen molar-refractivity contribution in [1.82, 2.24) is 9.88 Å². The van der Waals surface area contributed by atoms with Gasteiger partial charge in [0.25, 0.3) is 5.91 Å². The summed E-state index contributed by atoms with van der Waals surface area (Å²) < 4.78 is 0.849. The smallest absolute Gasteiger partial charge is 0.257 e. The molecule has 1 aliphatic carbocycles. The van der Waals surface area contributed by atoms with E-state index in [2.05, 4.69) is 31.1 Å². The molecule has 1 amide bonds. The lowest BCUT2D eigenvalue weighted by Gasteiger charge is -2.44. The lowest BCUT2D eigenvalue weighted by atomic mass is 9.78. The Bertz CT molecular complexity index is 532. The SMILES string of the molecule is CNc1ncc(Br)cc1C(=O)N1CCC[C@H]2CCCC[C@H]21. The molecule has 2 atom stereocenters. The number of hydrogen-bond donors (Lipinski definition) is 1.